The van der Waals surface area contributed by atoms with Gasteiger partial charge < -0.3 is 0 Å². The van der Waals surface area contributed by atoms with Gasteiger partial charge >= 0.3 is 17.1 Å². The Hall–Kier alpha value is -2.60. The molecule has 1 aliphatic carbocycles. The van der Waals surface area contributed by atoms with Crippen molar-refractivity contribution in [2.24, 2.45) is 0 Å². The number of hydrogen-bond acceptors (Lipinski definition) is 0. The molecule has 0 fully saturated rings. The van der Waals surface area contributed by atoms with Crippen molar-refractivity contribution in [3.8, 4) is 0 Å². The van der Waals surface area contributed by atoms with E-state index in [2.05, 4.69) is 86.7 Å². The maximum absolute atomic E-state index is 2.48. The van der Waals surface area contributed by atoms with Gasteiger partial charge in [-0.25, -0.2) is 24.3 Å². The Morgan fingerprint density at radius 3 is 2.03 bits per heavy atom. The third-order valence-corrected chi connectivity index (χ3v) is 6.23. The Morgan fingerprint density at radius 2 is 1.41 bits per heavy atom. The molecule has 0 bridgehead atoms. The zero-order valence-corrected chi connectivity index (χ0v) is 17.9. The molecule has 0 nitrogen and oxygen atoms in total. The summed E-state index contributed by atoms with van der Waals surface area (Å²) in [6, 6.07) is 34.6. The van der Waals surface area contributed by atoms with E-state index in [1.807, 2.05) is 30.3 Å². The molecule has 0 amide bonds. The summed E-state index contributed by atoms with van der Waals surface area (Å²) in [6.07, 6.45) is 2.48. The molecule has 0 N–H and O–H groups in total. The maximum atomic E-state index is 2.48. The quantitative estimate of drug-likeness (QED) is 0.211. The molecule has 1 heteroatoms. The summed E-state index contributed by atoms with van der Waals surface area (Å²) in [5, 5.41) is 6.95. The van der Waals surface area contributed by atoms with E-state index in [-0.39, 0.29) is 22.5 Å². The third kappa shape index (κ3) is 3.25. The second-order valence-corrected chi connectivity index (χ2v) is 8.27. The van der Waals surface area contributed by atoms with Crippen LogP contribution in [0, 0.1) is 0 Å². The average molecular weight is 416 g/mol. The summed E-state index contributed by atoms with van der Waals surface area (Å²) in [4.78, 5) is 0. The van der Waals surface area contributed by atoms with Gasteiger partial charge in [-0.05, 0) is 43.7 Å². The predicted molar refractivity (Wildman–Crippen MR) is 121 cm³/mol. The second kappa shape index (κ2) is 7.67. The topological polar surface area (TPSA) is 0 Å². The van der Waals surface area contributed by atoms with Crippen LogP contribution in [-0.2, 0) is 22.5 Å². The Kier molecular flexibility index (Phi) is 5.21. The second-order valence-electron chi connectivity index (χ2n) is 8.27. The van der Waals surface area contributed by atoms with Crippen molar-refractivity contribution in [2.75, 3.05) is 0 Å². The number of rotatable bonds is 1. The molecule has 29 heavy (non-hydrogen) atoms. The SMILES string of the molecule is CC1(C)c2ccc3cccc4ccc(c2c34)=CC1[c-]1cccc1.[Fe+2].c1cc[cH-]c1. The van der Waals surface area contributed by atoms with Crippen molar-refractivity contribution in [3.63, 3.8) is 0 Å². The van der Waals surface area contributed by atoms with Gasteiger partial charge in [0.15, 0.2) is 0 Å². The van der Waals surface area contributed by atoms with Crippen LogP contribution in [0.15, 0.2) is 97.1 Å². The van der Waals surface area contributed by atoms with Crippen LogP contribution in [0.3, 0.4) is 0 Å². The normalized spacial score (nSPS) is 16.6. The zero-order chi connectivity index (χ0) is 19.1. The van der Waals surface area contributed by atoms with Gasteiger partial charge in [0.2, 0.25) is 0 Å². The Balaban J connectivity index is 0.000000301. The Labute approximate surface area is 183 Å². The monoisotopic (exact) mass is 416 g/mol. The molecule has 0 saturated heterocycles. The van der Waals surface area contributed by atoms with E-state index in [4.69, 9.17) is 0 Å². The molecular formula is C28H24Fe. The molecular weight excluding hydrogens is 392 g/mol. The van der Waals surface area contributed by atoms with Crippen LogP contribution in [0.25, 0.3) is 27.6 Å². The maximum Gasteiger partial charge on any atom is 2.00 e. The van der Waals surface area contributed by atoms with Crippen molar-refractivity contribution in [2.45, 2.75) is 25.2 Å². The number of hydrogen-bond donors (Lipinski definition) is 0. The third-order valence-electron chi connectivity index (χ3n) is 6.23. The summed E-state index contributed by atoms with van der Waals surface area (Å²) >= 11 is 0. The van der Waals surface area contributed by atoms with Crippen LogP contribution in [0.4, 0.5) is 0 Å². The minimum absolute atomic E-state index is 0. The van der Waals surface area contributed by atoms with Crippen LogP contribution >= 0.6 is 0 Å². The Bertz CT molecular complexity index is 1240. The molecule has 0 spiro atoms. The fraction of sp³-hybridized carbons (Fsp3) is 0.143. The van der Waals surface area contributed by atoms with E-state index >= 15 is 0 Å². The van der Waals surface area contributed by atoms with Crippen molar-refractivity contribution < 1.29 is 17.1 Å². The van der Waals surface area contributed by atoms with Crippen LogP contribution < -0.4 is 5.22 Å². The van der Waals surface area contributed by atoms with Crippen LogP contribution in [0.5, 0.6) is 0 Å². The number of benzene rings is 3. The molecule has 0 heterocycles. The molecule has 0 saturated carbocycles. The van der Waals surface area contributed by atoms with E-state index in [1.54, 1.807) is 0 Å². The van der Waals surface area contributed by atoms with Crippen LogP contribution in [-0.4, -0.2) is 0 Å². The summed E-state index contributed by atoms with van der Waals surface area (Å²) in [5.74, 6) is 0.423. The van der Waals surface area contributed by atoms with Crippen LogP contribution in [0.2, 0.25) is 0 Å². The molecule has 0 aliphatic heterocycles. The fourth-order valence-electron chi connectivity index (χ4n) is 4.77. The van der Waals surface area contributed by atoms with Gasteiger partial charge in [-0.1, -0.05) is 62.4 Å². The molecule has 0 aromatic heterocycles. The molecule has 1 unspecified atom stereocenters. The average Bonchev–Trinajstić information content (AvgIpc) is 3.44. The molecule has 6 rings (SSSR count). The van der Waals surface area contributed by atoms with E-state index in [0.29, 0.717) is 5.92 Å². The molecule has 1 atom stereocenters. The van der Waals surface area contributed by atoms with Crippen LogP contribution in [0.1, 0.15) is 30.9 Å². The van der Waals surface area contributed by atoms with E-state index in [0.717, 1.165) is 0 Å². The van der Waals surface area contributed by atoms with Crippen molar-refractivity contribution >= 4 is 27.6 Å². The summed E-state index contributed by atoms with van der Waals surface area (Å²) in [7, 11) is 0. The van der Waals surface area contributed by atoms with E-state index < -0.39 is 0 Å². The largest absolute Gasteiger partial charge is 2.00 e. The predicted octanol–water partition coefficient (Wildman–Crippen LogP) is 6.69. The van der Waals surface area contributed by atoms with E-state index in [1.165, 1.54) is 37.9 Å². The van der Waals surface area contributed by atoms with Gasteiger partial charge in [0.25, 0.3) is 0 Å². The molecule has 144 valence electrons. The molecule has 5 aromatic carbocycles. The van der Waals surface area contributed by atoms with Gasteiger partial charge in [-0.15, -0.1) is 5.56 Å². The molecule has 0 radical (unpaired) electrons. The van der Waals surface area contributed by atoms with Gasteiger partial charge in [0, 0.05) is 0 Å². The molecule has 1 aliphatic rings. The first-order chi connectivity index (χ1) is 13.7. The van der Waals surface area contributed by atoms with Gasteiger partial charge in [-0.2, -0.15) is 30.3 Å². The summed E-state index contributed by atoms with van der Waals surface area (Å²) < 4.78 is 0. The smallest absolute Gasteiger partial charge is 0.214 e. The summed E-state index contributed by atoms with van der Waals surface area (Å²) in [5.41, 5.74) is 2.99. The van der Waals surface area contributed by atoms with Crippen molar-refractivity contribution in [1.82, 2.24) is 0 Å². The first-order valence-corrected chi connectivity index (χ1v) is 10.0. The fourth-order valence-corrected chi connectivity index (χ4v) is 4.77. The first-order valence-electron chi connectivity index (χ1n) is 10.0. The van der Waals surface area contributed by atoms with Gasteiger partial charge in [-0.3, -0.25) is 0 Å². The standard InChI is InChI=1S/C23H19.C5H5.Fe/c1-23(2)19-13-12-17-9-5-8-16-10-11-18(22(19)21(16)17)14-20(23)15-6-3-4-7-15;1-2-4-5-3-1;/h3-14,20H,1-2H3;1-5H;/q2*-1;+2. The van der Waals surface area contributed by atoms with E-state index in [9.17, 15) is 0 Å². The minimum atomic E-state index is 0. The first kappa shape index (κ1) is 19.7. The van der Waals surface area contributed by atoms with Gasteiger partial charge in [0.05, 0.1) is 0 Å². The Morgan fingerprint density at radius 1 is 0.759 bits per heavy atom. The van der Waals surface area contributed by atoms with Crippen molar-refractivity contribution in [3.05, 3.63) is 113 Å². The zero-order valence-electron chi connectivity index (χ0n) is 16.7. The minimum Gasteiger partial charge on any atom is -0.214 e. The van der Waals surface area contributed by atoms with Crippen molar-refractivity contribution in [1.29, 1.82) is 0 Å². The molecule has 5 aromatic rings. The summed E-state index contributed by atoms with van der Waals surface area (Å²) in [6.45, 7) is 4.77. The van der Waals surface area contributed by atoms with Gasteiger partial charge in [0.1, 0.15) is 0 Å².